The van der Waals surface area contributed by atoms with Crippen LogP contribution in [-0.4, -0.2) is 49.5 Å². The monoisotopic (exact) mass is 456 g/mol. The molecule has 0 aromatic heterocycles. The minimum atomic E-state index is -0.958. The first-order chi connectivity index (χ1) is 15.3. The molecule has 1 atom stereocenters. The standard InChI is InChI=1S/C28H58NO3/c1-5-6-7-8-9-10-11-12-13-14-15-16-17-18-19-20-21-22-23-24-27(30)32-28(31)25-26-29(2,3)4/h28,31H,5-26H2,1-4H3/q+1. The number of ether oxygens (including phenoxy) is 1. The summed E-state index contributed by atoms with van der Waals surface area (Å²) in [6.45, 7) is 3.07. The molecule has 0 heterocycles. The van der Waals surface area contributed by atoms with E-state index in [0.717, 1.165) is 23.9 Å². The normalized spacial score (nSPS) is 12.8. The zero-order valence-corrected chi connectivity index (χ0v) is 22.3. The Labute approximate surface area is 201 Å². The van der Waals surface area contributed by atoms with Crippen LogP contribution in [0.2, 0.25) is 0 Å². The highest BCUT2D eigenvalue weighted by Crippen LogP contribution is 2.15. The van der Waals surface area contributed by atoms with E-state index in [0.29, 0.717) is 12.8 Å². The third-order valence-electron chi connectivity index (χ3n) is 6.30. The molecule has 4 nitrogen and oxygen atoms in total. The highest BCUT2D eigenvalue weighted by molar-refractivity contribution is 5.69. The van der Waals surface area contributed by atoms with Gasteiger partial charge < -0.3 is 14.3 Å². The van der Waals surface area contributed by atoms with Crippen LogP contribution in [0.4, 0.5) is 0 Å². The molecule has 0 amide bonds. The van der Waals surface area contributed by atoms with Crippen molar-refractivity contribution in [3.63, 3.8) is 0 Å². The van der Waals surface area contributed by atoms with E-state index >= 15 is 0 Å². The maximum atomic E-state index is 11.8. The molecule has 0 saturated carbocycles. The Bertz CT molecular complexity index is 406. The smallest absolute Gasteiger partial charge is 0.308 e. The van der Waals surface area contributed by atoms with Gasteiger partial charge in [-0.05, 0) is 6.42 Å². The number of carbonyl (C=O) groups excluding carboxylic acids is 1. The fraction of sp³-hybridized carbons (Fsp3) is 0.964. The second-order valence-electron chi connectivity index (χ2n) is 10.9. The van der Waals surface area contributed by atoms with Gasteiger partial charge in [-0.25, -0.2) is 0 Å². The number of esters is 1. The second-order valence-corrected chi connectivity index (χ2v) is 10.9. The van der Waals surface area contributed by atoms with E-state index in [1.54, 1.807) is 0 Å². The molecule has 32 heavy (non-hydrogen) atoms. The van der Waals surface area contributed by atoms with Crippen molar-refractivity contribution >= 4 is 5.97 Å². The van der Waals surface area contributed by atoms with Gasteiger partial charge >= 0.3 is 5.97 Å². The summed E-state index contributed by atoms with van der Waals surface area (Å²) in [5.41, 5.74) is 0. The first-order valence-electron chi connectivity index (χ1n) is 14.0. The number of aliphatic hydroxyl groups excluding tert-OH is 1. The number of rotatable bonds is 24. The Kier molecular flexibility index (Phi) is 21.8. The average Bonchev–Trinajstić information content (AvgIpc) is 2.73. The van der Waals surface area contributed by atoms with Crippen molar-refractivity contribution in [1.29, 1.82) is 0 Å². The Balaban J connectivity index is 3.24. The lowest BCUT2D eigenvalue weighted by molar-refractivity contribution is -0.871. The van der Waals surface area contributed by atoms with Gasteiger partial charge in [0.05, 0.1) is 34.1 Å². The molecule has 0 aliphatic rings. The molecular weight excluding hydrogens is 398 g/mol. The maximum absolute atomic E-state index is 11.8. The molecule has 0 aliphatic heterocycles. The summed E-state index contributed by atoms with van der Waals surface area (Å²) in [4.78, 5) is 11.8. The fourth-order valence-corrected chi connectivity index (χ4v) is 4.12. The van der Waals surface area contributed by atoms with Crippen molar-refractivity contribution in [2.75, 3.05) is 27.7 Å². The summed E-state index contributed by atoms with van der Waals surface area (Å²) in [5, 5.41) is 9.79. The molecule has 1 N–H and O–H groups in total. The molecule has 1 unspecified atom stereocenters. The van der Waals surface area contributed by atoms with Crippen molar-refractivity contribution in [1.82, 2.24) is 0 Å². The lowest BCUT2D eigenvalue weighted by Gasteiger charge is -2.25. The molecule has 192 valence electrons. The third kappa shape index (κ3) is 25.6. The van der Waals surface area contributed by atoms with Crippen LogP contribution in [0.5, 0.6) is 0 Å². The molecule has 0 bridgehead atoms. The number of quaternary nitrogens is 1. The highest BCUT2D eigenvalue weighted by atomic mass is 16.6. The van der Waals surface area contributed by atoms with Crippen molar-refractivity contribution in [2.24, 2.45) is 0 Å². The van der Waals surface area contributed by atoms with Crippen molar-refractivity contribution < 1.29 is 19.1 Å². The van der Waals surface area contributed by atoms with Gasteiger partial charge in [-0.2, -0.15) is 0 Å². The predicted molar refractivity (Wildman–Crippen MR) is 138 cm³/mol. The van der Waals surface area contributed by atoms with Crippen LogP contribution in [-0.2, 0) is 9.53 Å². The van der Waals surface area contributed by atoms with E-state index in [2.05, 4.69) is 28.1 Å². The first kappa shape index (κ1) is 31.4. The minimum absolute atomic E-state index is 0.258. The molecular formula is C28H58NO3+. The number of nitrogens with zero attached hydrogens (tertiary/aromatic N) is 1. The highest BCUT2D eigenvalue weighted by Gasteiger charge is 2.15. The van der Waals surface area contributed by atoms with E-state index in [4.69, 9.17) is 4.74 Å². The molecule has 0 rings (SSSR count). The van der Waals surface area contributed by atoms with Gasteiger partial charge in [0, 0.05) is 6.42 Å². The van der Waals surface area contributed by atoms with Crippen LogP contribution in [0.25, 0.3) is 0 Å². The SMILES string of the molecule is CCCCCCCCCCCCCCCCCCCCCC(=O)OC(O)CC[N+](C)(C)C. The summed E-state index contributed by atoms with van der Waals surface area (Å²) in [5.74, 6) is -0.258. The maximum Gasteiger partial charge on any atom is 0.308 e. The van der Waals surface area contributed by atoms with Gasteiger partial charge in [-0.1, -0.05) is 122 Å². The molecule has 0 spiro atoms. The van der Waals surface area contributed by atoms with Gasteiger partial charge in [-0.15, -0.1) is 0 Å². The van der Waals surface area contributed by atoms with Crippen molar-refractivity contribution in [3.05, 3.63) is 0 Å². The number of hydrogen-bond acceptors (Lipinski definition) is 3. The Morgan fingerprint density at radius 1 is 0.656 bits per heavy atom. The zero-order chi connectivity index (χ0) is 23.9. The van der Waals surface area contributed by atoms with Crippen LogP contribution in [0.3, 0.4) is 0 Å². The molecule has 0 aliphatic carbocycles. The predicted octanol–water partition coefficient (Wildman–Crippen LogP) is 7.77. The first-order valence-corrected chi connectivity index (χ1v) is 14.0. The molecule has 0 fully saturated rings. The summed E-state index contributed by atoms with van der Waals surface area (Å²) < 4.78 is 5.85. The summed E-state index contributed by atoms with van der Waals surface area (Å²) >= 11 is 0. The van der Waals surface area contributed by atoms with Crippen LogP contribution in [0, 0.1) is 0 Å². The van der Waals surface area contributed by atoms with Gasteiger partial charge in [0.1, 0.15) is 0 Å². The topological polar surface area (TPSA) is 46.5 Å². The molecule has 0 aromatic carbocycles. The Morgan fingerprint density at radius 2 is 1.00 bits per heavy atom. The van der Waals surface area contributed by atoms with E-state index in [1.165, 1.54) is 109 Å². The summed E-state index contributed by atoms with van der Waals surface area (Å²) in [6, 6.07) is 0. The number of carbonyl (C=O) groups is 1. The number of unbranched alkanes of at least 4 members (excludes halogenated alkanes) is 18. The minimum Gasteiger partial charge on any atom is -0.436 e. The van der Waals surface area contributed by atoms with Crippen LogP contribution < -0.4 is 0 Å². The van der Waals surface area contributed by atoms with Gasteiger partial charge in [-0.3, -0.25) is 4.79 Å². The van der Waals surface area contributed by atoms with Gasteiger partial charge in [0.15, 0.2) is 0 Å². The molecule has 0 saturated heterocycles. The number of hydrogen-bond donors (Lipinski definition) is 1. The lowest BCUT2D eigenvalue weighted by atomic mass is 10.0. The molecule has 0 aromatic rings. The van der Waals surface area contributed by atoms with Gasteiger partial charge in [0.2, 0.25) is 6.29 Å². The molecule has 4 heteroatoms. The van der Waals surface area contributed by atoms with Crippen LogP contribution >= 0.6 is 0 Å². The molecule has 0 radical (unpaired) electrons. The summed E-state index contributed by atoms with van der Waals surface area (Å²) in [6.07, 6.45) is 25.6. The second kappa shape index (κ2) is 22.2. The summed E-state index contributed by atoms with van der Waals surface area (Å²) in [7, 11) is 6.19. The Morgan fingerprint density at radius 3 is 1.34 bits per heavy atom. The number of aliphatic hydroxyl groups is 1. The van der Waals surface area contributed by atoms with E-state index in [-0.39, 0.29) is 5.97 Å². The lowest BCUT2D eigenvalue weighted by Crippen LogP contribution is -2.37. The average molecular weight is 457 g/mol. The van der Waals surface area contributed by atoms with Crippen molar-refractivity contribution in [3.8, 4) is 0 Å². The van der Waals surface area contributed by atoms with Crippen LogP contribution in [0.15, 0.2) is 0 Å². The third-order valence-corrected chi connectivity index (χ3v) is 6.30. The zero-order valence-electron chi connectivity index (χ0n) is 22.3. The van der Waals surface area contributed by atoms with E-state index in [1.807, 2.05) is 0 Å². The van der Waals surface area contributed by atoms with Gasteiger partial charge in [0.25, 0.3) is 0 Å². The Hall–Kier alpha value is -0.610. The van der Waals surface area contributed by atoms with E-state index in [9.17, 15) is 9.90 Å². The van der Waals surface area contributed by atoms with Crippen molar-refractivity contribution in [2.45, 2.75) is 148 Å². The largest absolute Gasteiger partial charge is 0.436 e. The fourth-order valence-electron chi connectivity index (χ4n) is 4.12. The van der Waals surface area contributed by atoms with E-state index < -0.39 is 6.29 Å². The quantitative estimate of drug-likeness (QED) is 0.0698. The van der Waals surface area contributed by atoms with Crippen LogP contribution in [0.1, 0.15) is 142 Å².